The number of amides is 2. The molecule has 0 aromatic heterocycles. The molecule has 2 rings (SSSR count). The van der Waals surface area contributed by atoms with Gasteiger partial charge in [-0.15, -0.1) is 0 Å². The Kier molecular flexibility index (Phi) is 5.69. The fourth-order valence-corrected chi connectivity index (χ4v) is 1.97. The van der Waals surface area contributed by atoms with Crippen molar-refractivity contribution in [3.05, 3.63) is 71.8 Å². The van der Waals surface area contributed by atoms with E-state index >= 15 is 0 Å². The highest BCUT2D eigenvalue weighted by Gasteiger charge is 2.06. The summed E-state index contributed by atoms with van der Waals surface area (Å²) >= 11 is 0. The number of benzene rings is 2. The van der Waals surface area contributed by atoms with Gasteiger partial charge in [-0.2, -0.15) is 0 Å². The molecule has 0 saturated heterocycles. The van der Waals surface area contributed by atoms with Gasteiger partial charge in [0.2, 0.25) is 5.91 Å². The zero-order valence-electron chi connectivity index (χ0n) is 13.2. The number of anilines is 1. The third-order valence-corrected chi connectivity index (χ3v) is 3.06. The zero-order valence-corrected chi connectivity index (χ0v) is 13.2. The van der Waals surface area contributed by atoms with Crippen molar-refractivity contribution in [1.82, 2.24) is 5.32 Å². The van der Waals surface area contributed by atoms with Gasteiger partial charge in [0, 0.05) is 23.4 Å². The average Bonchev–Trinajstić information content (AvgIpc) is 2.54. The number of carbonyl (C=O) groups is 2. The lowest BCUT2D eigenvalue weighted by Gasteiger charge is -2.09. The summed E-state index contributed by atoms with van der Waals surface area (Å²) in [6, 6.07) is 16.5. The summed E-state index contributed by atoms with van der Waals surface area (Å²) in [6.45, 7) is 3.82. The maximum Gasteiger partial charge on any atom is 0.251 e. The summed E-state index contributed by atoms with van der Waals surface area (Å²) in [5.41, 5.74) is 2.17. The van der Waals surface area contributed by atoms with Crippen LogP contribution in [0.3, 0.4) is 0 Å². The van der Waals surface area contributed by atoms with Crippen molar-refractivity contribution in [1.29, 1.82) is 0 Å². The van der Waals surface area contributed by atoms with Crippen molar-refractivity contribution in [3.63, 3.8) is 0 Å². The summed E-state index contributed by atoms with van der Waals surface area (Å²) in [6.07, 6.45) is 3.23. The second-order valence-corrected chi connectivity index (χ2v) is 5.44. The second kappa shape index (κ2) is 7.94. The van der Waals surface area contributed by atoms with Crippen LogP contribution in [0.2, 0.25) is 0 Å². The molecule has 0 fully saturated rings. The molecule has 0 atom stereocenters. The van der Waals surface area contributed by atoms with Crippen LogP contribution in [0.25, 0.3) is 6.08 Å². The van der Waals surface area contributed by atoms with E-state index in [1.165, 1.54) is 6.08 Å². The van der Waals surface area contributed by atoms with Gasteiger partial charge in [0.15, 0.2) is 0 Å². The first-order valence-electron chi connectivity index (χ1n) is 7.49. The highest BCUT2D eigenvalue weighted by atomic mass is 16.2. The van der Waals surface area contributed by atoms with E-state index < -0.39 is 0 Å². The topological polar surface area (TPSA) is 58.2 Å². The molecule has 0 saturated carbocycles. The molecule has 2 amide bonds. The van der Waals surface area contributed by atoms with E-state index in [0.717, 1.165) is 5.56 Å². The summed E-state index contributed by atoms with van der Waals surface area (Å²) in [7, 11) is 0. The van der Waals surface area contributed by atoms with Gasteiger partial charge in [0.1, 0.15) is 0 Å². The highest BCUT2D eigenvalue weighted by molar-refractivity contribution is 6.02. The molecule has 23 heavy (non-hydrogen) atoms. The predicted octanol–water partition coefficient (Wildman–Crippen LogP) is 3.48. The van der Waals surface area contributed by atoms with E-state index in [9.17, 15) is 9.59 Å². The Morgan fingerprint density at radius 3 is 2.22 bits per heavy atom. The molecule has 4 heteroatoms. The molecule has 118 valence electrons. The minimum Gasteiger partial charge on any atom is -0.350 e. The molecular weight excluding hydrogens is 288 g/mol. The Balaban J connectivity index is 1.94. The molecule has 0 aliphatic carbocycles. The van der Waals surface area contributed by atoms with Crippen LogP contribution in [-0.2, 0) is 4.79 Å². The fraction of sp³-hybridized carbons (Fsp3) is 0.158. The van der Waals surface area contributed by atoms with Gasteiger partial charge in [-0.3, -0.25) is 9.59 Å². The molecule has 0 spiro atoms. The smallest absolute Gasteiger partial charge is 0.251 e. The second-order valence-electron chi connectivity index (χ2n) is 5.44. The van der Waals surface area contributed by atoms with Gasteiger partial charge in [0.25, 0.3) is 5.91 Å². The largest absolute Gasteiger partial charge is 0.350 e. The van der Waals surface area contributed by atoms with Crippen molar-refractivity contribution in [3.8, 4) is 0 Å². The van der Waals surface area contributed by atoms with Crippen LogP contribution < -0.4 is 10.6 Å². The molecule has 2 aromatic carbocycles. The Bertz CT molecular complexity index is 689. The first-order chi connectivity index (χ1) is 11.0. The molecule has 0 unspecified atom stereocenters. The van der Waals surface area contributed by atoms with Crippen LogP contribution in [0.4, 0.5) is 5.69 Å². The molecule has 0 aliphatic heterocycles. The van der Waals surface area contributed by atoms with Gasteiger partial charge in [0.05, 0.1) is 0 Å². The minimum absolute atomic E-state index is 0.0880. The van der Waals surface area contributed by atoms with Crippen LogP contribution >= 0.6 is 0 Å². The Labute approximate surface area is 136 Å². The molecule has 0 radical (unpaired) electrons. The zero-order chi connectivity index (χ0) is 16.7. The van der Waals surface area contributed by atoms with Crippen LogP contribution in [0, 0.1) is 0 Å². The summed E-state index contributed by atoms with van der Waals surface area (Å²) in [5, 5.41) is 5.58. The third kappa shape index (κ3) is 5.43. The third-order valence-electron chi connectivity index (χ3n) is 3.06. The molecule has 2 N–H and O–H groups in total. The van der Waals surface area contributed by atoms with E-state index in [0.29, 0.717) is 11.3 Å². The van der Waals surface area contributed by atoms with Gasteiger partial charge in [-0.1, -0.05) is 30.3 Å². The molecule has 0 heterocycles. The minimum atomic E-state index is -0.215. The van der Waals surface area contributed by atoms with Gasteiger partial charge >= 0.3 is 0 Å². The van der Waals surface area contributed by atoms with Crippen molar-refractivity contribution < 1.29 is 9.59 Å². The molecule has 4 nitrogen and oxygen atoms in total. The quantitative estimate of drug-likeness (QED) is 0.831. The Morgan fingerprint density at radius 1 is 0.957 bits per heavy atom. The lowest BCUT2D eigenvalue weighted by Crippen LogP contribution is -2.29. The molecule has 2 aromatic rings. The lowest BCUT2D eigenvalue weighted by atomic mass is 10.2. The summed E-state index contributed by atoms with van der Waals surface area (Å²) < 4.78 is 0. The van der Waals surface area contributed by atoms with Crippen molar-refractivity contribution >= 4 is 23.6 Å². The maximum absolute atomic E-state index is 11.9. The number of hydrogen-bond donors (Lipinski definition) is 2. The normalized spacial score (nSPS) is 10.7. The first-order valence-corrected chi connectivity index (χ1v) is 7.49. The van der Waals surface area contributed by atoms with Crippen LogP contribution in [0.1, 0.15) is 29.8 Å². The van der Waals surface area contributed by atoms with Crippen LogP contribution in [0.15, 0.2) is 60.7 Å². The van der Waals surface area contributed by atoms with Crippen molar-refractivity contribution in [2.45, 2.75) is 19.9 Å². The lowest BCUT2D eigenvalue weighted by molar-refractivity contribution is -0.111. The highest BCUT2D eigenvalue weighted by Crippen LogP contribution is 2.10. The van der Waals surface area contributed by atoms with Gasteiger partial charge < -0.3 is 10.6 Å². The van der Waals surface area contributed by atoms with Crippen molar-refractivity contribution in [2.75, 3.05) is 5.32 Å². The average molecular weight is 308 g/mol. The molecule has 0 aliphatic rings. The van der Waals surface area contributed by atoms with Gasteiger partial charge in [-0.25, -0.2) is 0 Å². The van der Waals surface area contributed by atoms with E-state index in [1.807, 2.05) is 44.2 Å². The number of hydrogen-bond acceptors (Lipinski definition) is 2. The standard InChI is InChI=1S/C19H20N2O2/c1-14(2)20-19(23)16-9-11-17(12-10-16)21-18(22)13-8-15-6-4-3-5-7-15/h3-14H,1-2H3,(H,20,23)(H,21,22)/b13-8+. The van der Waals surface area contributed by atoms with Crippen molar-refractivity contribution in [2.24, 2.45) is 0 Å². The molecule has 0 bridgehead atoms. The van der Waals surface area contributed by atoms with Crippen LogP contribution in [0.5, 0.6) is 0 Å². The predicted molar refractivity (Wildman–Crippen MR) is 93.1 cm³/mol. The van der Waals surface area contributed by atoms with E-state index in [-0.39, 0.29) is 17.9 Å². The SMILES string of the molecule is CC(C)NC(=O)c1ccc(NC(=O)/C=C/c2ccccc2)cc1. The monoisotopic (exact) mass is 308 g/mol. The number of carbonyl (C=O) groups excluding carboxylic acids is 2. The first kappa shape index (κ1) is 16.5. The van der Waals surface area contributed by atoms with E-state index in [1.54, 1.807) is 30.3 Å². The Hall–Kier alpha value is -2.88. The maximum atomic E-state index is 11.9. The fourth-order valence-electron chi connectivity index (χ4n) is 1.97. The summed E-state index contributed by atoms with van der Waals surface area (Å²) in [5.74, 6) is -0.338. The van der Waals surface area contributed by atoms with E-state index in [4.69, 9.17) is 0 Å². The molecular formula is C19H20N2O2. The number of nitrogens with one attached hydrogen (secondary N) is 2. The Morgan fingerprint density at radius 2 is 1.61 bits per heavy atom. The summed E-state index contributed by atoms with van der Waals surface area (Å²) in [4.78, 5) is 23.7. The number of rotatable bonds is 5. The van der Waals surface area contributed by atoms with Gasteiger partial charge in [-0.05, 0) is 49.8 Å². The van der Waals surface area contributed by atoms with Crippen LogP contribution in [-0.4, -0.2) is 17.9 Å². The van der Waals surface area contributed by atoms with E-state index in [2.05, 4.69) is 10.6 Å².